The lowest BCUT2D eigenvalue weighted by Crippen LogP contribution is -1.94. The van der Waals surface area contributed by atoms with E-state index in [0.717, 1.165) is 15.8 Å². The Hall–Kier alpha value is -1.03. The molecule has 2 aromatic carbocycles. The van der Waals surface area contributed by atoms with Gasteiger partial charge in [0.2, 0.25) is 0 Å². The number of halogens is 2. The van der Waals surface area contributed by atoms with Crippen LogP contribution in [-0.2, 0) is 0 Å². The minimum atomic E-state index is -0.420. The van der Waals surface area contributed by atoms with Gasteiger partial charge in [-0.25, -0.2) is 0 Å². The largest absolute Gasteiger partial charge is 0.456 e. The van der Waals surface area contributed by atoms with Crippen molar-refractivity contribution in [2.45, 2.75) is 19.4 Å². The van der Waals surface area contributed by atoms with Gasteiger partial charge in [-0.2, -0.15) is 0 Å². The Bertz CT molecular complexity index is 555. The minimum Gasteiger partial charge on any atom is -0.456 e. The second kappa shape index (κ2) is 6.42. The van der Waals surface area contributed by atoms with Crippen LogP contribution in [0.15, 0.2) is 46.9 Å². The van der Waals surface area contributed by atoms with Crippen molar-refractivity contribution < 1.29 is 9.84 Å². The molecule has 19 heavy (non-hydrogen) atoms. The van der Waals surface area contributed by atoms with Gasteiger partial charge in [0.15, 0.2) is 0 Å². The van der Waals surface area contributed by atoms with Gasteiger partial charge in [-0.05, 0) is 58.2 Å². The van der Waals surface area contributed by atoms with E-state index >= 15 is 0 Å². The van der Waals surface area contributed by atoms with Gasteiger partial charge in [-0.3, -0.25) is 0 Å². The Balaban J connectivity index is 2.15. The summed E-state index contributed by atoms with van der Waals surface area (Å²) in [6.07, 6.45) is 0.277. The third-order valence-corrected chi connectivity index (χ3v) is 3.63. The normalized spacial score (nSPS) is 12.2. The van der Waals surface area contributed by atoms with Crippen LogP contribution in [0.25, 0.3) is 0 Å². The van der Waals surface area contributed by atoms with Crippen LogP contribution in [0.4, 0.5) is 0 Å². The Morgan fingerprint density at radius 3 is 2.47 bits per heavy atom. The summed E-state index contributed by atoms with van der Waals surface area (Å²) in [6.45, 7) is 1.94. The van der Waals surface area contributed by atoms with Crippen LogP contribution in [0.2, 0.25) is 5.02 Å². The van der Waals surface area contributed by atoms with Crippen LogP contribution in [-0.4, -0.2) is 5.11 Å². The van der Waals surface area contributed by atoms with Gasteiger partial charge in [-0.15, -0.1) is 0 Å². The monoisotopic (exact) mass is 340 g/mol. The zero-order valence-corrected chi connectivity index (χ0v) is 12.8. The zero-order chi connectivity index (χ0) is 13.8. The lowest BCUT2D eigenvalue weighted by Gasteiger charge is -2.11. The van der Waals surface area contributed by atoms with Gasteiger partial charge in [-0.1, -0.05) is 30.7 Å². The standard InChI is InChI=1S/C15H14BrClO2/c1-2-14(18)10-3-6-12(7-4-10)19-15-8-5-11(17)9-13(15)16/h3-9,14,18H,2H2,1H3/t14-/m1/s1. The maximum Gasteiger partial charge on any atom is 0.141 e. The van der Waals surface area contributed by atoms with Gasteiger partial charge < -0.3 is 9.84 Å². The van der Waals surface area contributed by atoms with Crippen LogP contribution in [0.5, 0.6) is 11.5 Å². The molecule has 0 aromatic heterocycles. The molecular formula is C15H14BrClO2. The van der Waals surface area contributed by atoms with E-state index in [2.05, 4.69) is 15.9 Å². The molecule has 0 aliphatic carbocycles. The summed E-state index contributed by atoms with van der Waals surface area (Å²) < 4.78 is 6.55. The van der Waals surface area contributed by atoms with Crippen molar-refractivity contribution in [3.05, 3.63) is 57.5 Å². The van der Waals surface area contributed by atoms with Crippen molar-refractivity contribution in [2.75, 3.05) is 0 Å². The number of aliphatic hydroxyl groups is 1. The highest BCUT2D eigenvalue weighted by atomic mass is 79.9. The Morgan fingerprint density at radius 1 is 1.21 bits per heavy atom. The number of rotatable bonds is 4. The summed E-state index contributed by atoms with van der Waals surface area (Å²) >= 11 is 9.28. The first kappa shape index (κ1) is 14.4. The summed E-state index contributed by atoms with van der Waals surface area (Å²) in [4.78, 5) is 0. The topological polar surface area (TPSA) is 29.5 Å². The van der Waals surface area contributed by atoms with Gasteiger partial charge in [0.25, 0.3) is 0 Å². The second-order valence-electron chi connectivity index (χ2n) is 4.17. The van der Waals surface area contributed by atoms with Gasteiger partial charge >= 0.3 is 0 Å². The molecule has 0 aliphatic heterocycles. The fourth-order valence-corrected chi connectivity index (χ4v) is 2.44. The average Bonchev–Trinajstić information content (AvgIpc) is 2.42. The van der Waals surface area contributed by atoms with Crippen molar-refractivity contribution in [1.82, 2.24) is 0 Å². The van der Waals surface area contributed by atoms with Crippen LogP contribution < -0.4 is 4.74 Å². The van der Waals surface area contributed by atoms with Crippen LogP contribution in [0, 0.1) is 0 Å². The molecule has 0 fully saturated rings. The highest BCUT2D eigenvalue weighted by molar-refractivity contribution is 9.10. The van der Waals surface area contributed by atoms with Crippen LogP contribution in [0.3, 0.4) is 0 Å². The molecule has 0 spiro atoms. The lowest BCUT2D eigenvalue weighted by atomic mass is 10.1. The Labute approximate surface area is 126 Å². The average molecular weight is 342 g/mol. The van der Waals surface area contributed by atoms with E-state index in [4.69, 9.17) is 16.3 Å². The minimum absolute atomic E-state index is 0.420. The van der Waals surface area contributed by atoms with Crippen LogP contribution in [0.1, 0.15) is 25.0 Å². The molecule has 0 amide bonds. The third-order valence-electron chi connectivity index (χ3n) is 2.77. The summed E-state index contributed by atoms with van der Waals surface area (Å²) in [6, 6.07) is 12.8. The van der Waals surface area contributed by atoms with Crippen molar-refractivity contribution in [3.63, 3.8) is 0 Å². The highest BCUT2D eigenvalue weighted by Crippen LogP contribution is 2.32. The van der Waals surface area contributed by atoms with Crippen molar-refractivity contribution in [2.24, 2.45) is 0 Å². The molecule has 0 saturated carbocycles. The van der Waals surface area contributed by atoms with E-state index in [-0.39, 0.29) is 0 Å². The van der Waals surface area contributed by atoms with Gasteiger partial charge in [0, 0.05) is 5.02 Å². The molecule has 0 radical (unpaired) electrons. The molecule has 0 bridgehead atoms. The quantitative estimate of drug-likeness (QED) is 0.813. The van der Waals surface area contributed by atoms with Crippen LogP contribution >= 0.6 is 27.5 Å². The van der Waals surface area contributed by atoms with Gasteiger partial charge in [0.05, 0.1) is 10.6 Å². The number of ether oxygens (including phenoxy) is 1. The van der Waals surface area contributed by atoms with E-state index in [1.165, 1.54) is 0 Å². The van der Waals surface area contributed by atoms with Crippen molar-refractivity contribution >= 4 is 27.5 Å². The Morgan fingerprint density at radius 2 is 1.89 bits per heavy atom. The SMILES string of the molecule is CC[C@@H](O)c1ccc(Oc2ccc(Cl)cc2Br)cc1. The summed E-state index contributed by atoms with van der Waals surface area (Å²) in [5.41, 5.74) is 0.894. The number of hydrogen-bond acceptors (Lipinski definition) is 2. The maximum absolute atomic E-state index is 9.72. The van der Waals surface area contributed by atoms with E-state index < -0.39 is 6.10 Å². The molecule has 0 heterocycles. The lowest BCUT2D eigenvalue weighted by molar-refractivity contribution is 0.173. The molecule has 0 unspecified atom stereocenters. The van der Waals surface area contributed by atoms with E-state index in [9.17, 15) is 5.11 Å². The Kier molecular flexibility index (Phi) is 4.86. The highest BCUT2D eigenvalue weighted by Gasteiger charge is 2.06. The molecular weight excluding hydrogens is 328 g/mol. The van der Waals surface area contributed by atoms with E-state index in [1.54, 1.807) is 18.2 Å². The maximum atomic E-state index is 9.72. The molecule has 4 heteroatoms. The summed E-state index contributed by atoms with van der Waals surface area (Å²) in [5.74, 6) is 1.42. The molecule has 1 atom stereocenters. The fraction of sp³-hybridized carbons (Fsp3) is 0.200. The first-order valence-electron chi connectivity index (χ1n) is 6.01. The summed E-state index contributed by atoms with van der Waals surface area (Å²) in [7, 11) is 0. The predicted octanol–water partition coefficient (Wildman–Crippen LogP) is 5.34. The number of hydrogen-bond donors (Lipinski definition) is 1. The predicted molar refractivity (Wildman–Crippen MR) is 80.9 cm³/mol. The molecule has 100 valence electrons. The molecule has 0 saturated heterocycles. The second-order valence-corrected chi connectivity index (χ2v) is 5.46. The van der Waals surface area contributed by atoms with E-state index in [1.807, 2.05) is 31.2 Å². The van der Waals surface area contributed by atoms with Crippen molar-refractivity contribution in [3.8, 4) is 11.5 Å². The molecule has 2 rings (SSSR count). The fourth-order valence-electron chi connectivity index (χ4n) is 1.68. The molecule has 2 aromatic rings. The molecule has 2 nitrogen and oxygen atoms in total. The van der Waals surface area contributed by atoms with Crippen molar-refractivity contribution in [1.29, 1.82) is 0 Å². The first-order chi connectivity index (χ1) is 9.10. The van der Waals surface area contributed by atoms with Gasteiger partial charge in [0.1, 0.15) is 11.5 Å². The molecule has 1 N–H and O–H groups in total. The third kappa shape index (κ3) is 3.72. The smallest absolute Gasteiger partial charge is 0.141 e. The zero-order valence-electron chi connectivity index (χ0n) is 10.4. The first-order valence-corrected chi connectivity index (χ1v) is 7.18. The summed E-state index contributed by atoms with van der Waals surface area (Å²) in [5, 5.41) is 10.4. The van der Waals surface area contributed by atoms with E-state index in [0.29, 0.717) is 17.2 Å². The molecule has 0 aliphatic rings. The number of benzene rings is 2. The number of aliphatic hydroxyl groups excluding tert-OH is 1.